The Kier molecular flexibility index (Phi) is 9.69. The second-order valence-electron chi connectivity index (χ2n) is 6.99. The van der Waals surface area contributed by atoms with Gasteiger partial charge >= 0.3 is 10.4 Å². The standard InChI is InChI=1S/C20H30N2.H2O4S/c1-5-17(6-2)9-7-8-16(4)22-19-12-13-21-20-14-15(3)10-11-18(19)20;1-5(2,3)4/h10-14,16-17H,5-9H2,1-4H3,(H,21,22);(H2,1,2,3,4). The molecule has 2 rings (SSSR count). The molecule has 3 N–H and O–H groups in total. The Bertz CT molecular complexity index is 797. The molecule has 1 atom stereocenters. The van der Waals surface area contributed by atoms with Gasteiger partial charge in [0.05, 0.1) is 5.52 Å². The minimum absolute atomic E-state index is 0.501. The highest BCUT2D eigenvalue weighted by molar-refractivity contribution is 7.79. The summed E-state index contributed by atoms with van der Waals surface area (Å²) in [6, 6.07) is 9.08. The summed E-state index contributed by atoms with van der Waals surface area (Å²) in [6.07, 6.45) is 8.42. The molecule has 2 aromatic rings. The number of hydrogen-bond acceptors (Lipinski definition) is 4. The zero-order chi connectivity index (χ0) is 20.4. The molecule has 0 amide bonds. The van der Waals surface area contributed by atoms with E-state index in [1.807, 2.05) is 6.20 Å². The third-order valence-corrected chi connectivity index (χ3v) is 4.70. The van der Waals surface area contributed by atoms with Gasteiger partial charge in [0.2, 0.25) is 0 Å². The highest BCUT2D eigenvalue weighted by Gasteiger charge is 2.08. The second kappa shape index (κ2) is 11.2. The molecule has 27 heavy (non-hydrogen) atoms. The first-order valence-corrected chi connectivity index (χ1v) is 10.9. The van der Waals surface area contributed by atoms with Gasteiger partial charge in [0, 0.05) is 23.3 Å². The van der Waals surface area contributed by atoms with E-state index < -0.39 is 10.4 Å². The molecule has 0 spiro atoms. The molecule has 1 heterocycles. The third kappa shape index (κ3) is 9.70. The third-order valence-electron chi connectivity index (χ3n) is 4.70. The number of fused-ring (bicyclic) bond motifs is 1. The van der Waals surface area contributed by atoms with Crippen molar-refractivity contribution >= 4 is 27.0 Å². The van der Waals surface area contributed by atoms with Crippen LogP contribution < -0.4 is 5.32 Å². The van der Waals surface area contributed by atoms with Crippen LogP contribution in [0.25, 0.3) is 10.9 Å². The minimum Gasteiger partial charge on any atom is -0.382 e. The van der Waals surface area contributed by atoms with Crippen molar-refractivity contribution in [1.82, 2.24) is 4.98 Å². The highest BCUT2D eigenvalue weighted by Crippen LogP contribution is 2.24. The lowest BCUT2D eigenvalue weighted by molar-refractivity contribution is 0.381. The van der Waals surface area contributed by atoms with Crippen molar-refractivity contribution in [2.75, 3.05) is 5.32 Å². The van der Waals surface area contributed by atoms with Crippen LogP contribution in [0.15, 0.2) is 30.5 Å². The molecule has 7 heteroatoms. The molecule has 0 aliphatic carbocycles. The molecule has 0 bridgehead atoms. The number of aryl methyl sites for hydroxylation is 1. The fraction of sp³-hybridized carbons (Fsp3) is 0.550. The predicted molar refractivity (Wildman–Crippen MR) is 112 cm³/mol. The van der Waals surface area contributed by atoms with Gasteiger partial charge in [-0.2, -0.15) is 8.42 Å². The molecule has 0 aliphatic rings. The van der Waals surface area contributed by atoms with E-state index in [0.29, 0.717) is 6.04 Å². The first kappa shape index (κ1) is 23.3. The van der Waals surface area contributed by atoms with Crippen molar-refractivity contribution < 1.29 is 17.5 Å². The summed E-state index contributed by atoms with van der Waals surface area (Å²) in [4.78, 5) is 4.48. The Labute approximate surface area is 163 Å². The van der Waals surface area contributed by atoms with Crippen LogP contribution in [0.5, 0.6) is 0 Å². The highest BCUT2D eigenvalue weighted by atomic mass is 32.3. The Morgan fingerprint density at radius 2 is 1.74 bits per heavy atom. The van der Waals surface area contributed by atoms with E-state index in [0.717, 1.165) is 11.4 Å². The summed E-state index contributed by atoms with van der Waals surface area (Å²) in [5.74, 6) is 0.900. The molecule has 0 saturated carbocycles. The quantitative estimate of drug-likeness (QED) is 0.524. The summed E-state index contributed by atoms with van der Waals surface area (Å²) in [5.41, 5.74) is 3.55. The molecule has 0 fully saturated rings. The Hall–Kier alpha value is -1.70. The molecular weight excluding hydrogens is 364 g/mol. The van der Waals surface area contributed by atoms with Gasteiger partial charge in [0.1, 0.15) is 0 Å². The smallest absolute Gasteiger partial charge is 0.382 e. The van der Waals surface area contributed by atoms with E-state index in [9.17, 15) is 0 Å². The van der Waals surface area contributed by atoms with Crippen LogP contribution in [0, 0.1) is 12.8 Å². The fourth-order valence-corrected chi connectivity index (χ4v) is 3.13. The summed E-state index contributed by atoms with van der Waals surface area (Å²) in [7, 11) is -4.67. The van der Waals surface area contributed by atoms with Gasteiger partial charge in [-0.15, -0.1) is 0 Å². The summed E-state index contributed by atoms with van der Waals surface area (Å²) < 4.78 is 31.6. The van der Waals surface area contributed by atoms with Crippen molar-refractivity contribution in [2.45, 2.75) is 65.8 Å². The molecule has 0 saturated heterocycles. The Morgan fingerprint density at radius 1 is 1.11 bits per heavy atom. The number of pyridine rings is 1. The molecule has 1 unspecified atom stereocenters. The van der Waals surface area contributed by atoms with Gasteiger partial charge in [0.25, 0.3) is 0 Å². The first-order chi connectivity index (χ1) is 12.6. The number of benzene rings is 1. The molecule has 0 radical (unpaired) electrons. The van der Waals surface area contributed by atoms with Crippen molar-refractivity contribution in [3.05, 3.63) is 36.0 Å². The summed E-state index contributed by atoms with van der Waals surface area (Å²) in [6.45, 7) is 9.01. The van der Waals surface area contributed by atoms with Crippen LogP contribution in [0.4, 0.5) is 5.69 Å². The lowest BCUT2D eigenvalue weighted by Gasteiger charge is -2.18. The van der Waals surface area contributed by atoms with Crippen LogP contribution in [-0.4, -0.2) is 28.5 Å². The van der Waals surface area contributed by atoms with Gasteiger partial charge in [-0.25, -0.2) is 0 Å². The molecular formula is C20H32N2O4S. The van der Waals surface area contributed by atoms with Gasteiger partial charge in [0.15, 0.2) is 0 Å². The van der Waals surface area contributed by atoms with E-state index in [1.165, 1.54) is 48.7 Å². The average molecular weight is 397 g/mol. The van der Waals surface area contributed by atoms with Crippen LogP contribution >= 0.6 is 0 Å². The molecule has 1 aromatic carbocycles. The van der Waals surface area contributed by atoms with Crippen LogP contribution in [0.1, 0.15) is 58.4 Å². The summed E-state index contributed by atoms with van der Waals surface area (Å²) >= 11 is 0. The number of rotatable bonds is 8. The van der Waals surface area contributed by atoms with E-state index in [1.54, 1.807) is 0 Å². The van der Waals surface area contributed by atoms with Crippen molar-refractivity contribution in [1.29, 1.82) is 0 Å². The van der Waals surface area contributed by atoms with Crippen LogP contribution in [0.2, 0.25) is 0 Å². The maximum atomic E-state index is 8.74. The van der Waals surface area contributed by atoms with Gasteiger partial charge in [-0.05, 0) is 43.9 Å². The van der Waals surface area contributed by atoms with Crippen molar-refractivity contribution in [2.24, 2.45) is 5.92 Å². The minimum atomic E-state index is -4.67. The van der Waals surface area contributed by atoms with E-state index in [-0.39, 0.29) is 0 Å². The lowest BCUT2D eigenvalue weighted by Crippen LogP contribution is -2.15. The van der Waals surface area contributed by atoms with Crippen LogP contribution in [0.3, 0.4) is 0 Å². The number of aromatic nitrogens is 1. The fourth-order valence-electron chi connectivity index (χ4n) is 3.13. The average Bonchev–Trinajstić information content (AvgIpc) is 2.57. The van der Waals surface area contributed by atoms with Gasteiger partial charge in [-0.3, -0.25) is 14.1 Å². The van der Waals surface area contributed by atoms with Crippen molar-refractivity contribution in [3.8, 4) is 0 Å². The zero-order valence-electron chi connectivity index (χ0n) is 16.6. The predicted octanol–water partition coefficient (Wildman–Crippen LogP) is 5.30. The largest absolute Gasteiger partial charge is 0.394 e. The van der Waals surface area contributed by atoms with Gasteiger partial charge in [-0.1, -0.05) is 51.7 Å². The number of hydrogen-bond donors (Lipinski definition) is 3. The SMILES string of the molecule is CCC(CC)CCCC(C)Nc1ccnc2cc(C)ccc12.O=S(=O)(O)O. The topological polar surface area (TPSA) is 99.5 Å². The van der Waals surface area contributed by atoms with Crippen molar-refractivity contribution in [3.63, 3.8) is 0 Å². The molecule has 0 aliphatic heterocycles. The number of nitrogens with one attached hydrogen (secondary N) is 1. The van der Waals surface area contributed by atoms with Gasteiger partial charge < -0.3 is 5.32 Å². The maximum absolute atomic E-state index is 8.74. The molecule has 152 valence electrons. The second-order valence-corrected chi connectivity index (χ2v) is 7.88. The Morgan fingerprint density at radius 3 is 2.33 bits per heavy atom. The lowest BCUT2D eigenvalue weighted by atomic mass is 9.95. The molecule has 6 nitrogen and oxygen atoms in total. The normalized spacial score (nSPS) is 12.6. The number of anilines is 1. The molecule has 1 aromatic heterocycles. The zero-order valence-corrected chi connectivity index (χ0v) is 17.5. The summed E-state index contributed by atoms with van der Waals surface area (Å²) in [5, 5.41) is 4.90. The maximum Gasteiger partial charge on any atom is 0.394 e. The first-order valence-electron chi connectivity index (χ1n) is 9.45. The van der Waals surface area contributed by atoms with E-state index in [4.69, 9.17) is 17.5 Å². The van der Waals surface area contributed by atoms with Crippen LogP contribution in [-0.2, 0) is 10.4 Å². The Balaban J connectivity index is 0.000000646. The monoisotopic (exact) mass is 396 g/mol. The van der Waals surface area contributed by atoms with E-state index in [2.05, 4.69) is 62.3 Å². The number of nitrogens with zero attached hydrogens (tertiary/aromatic N) is 1. The van der Waals surface area contributed by atoms with E-state index >= 15 is 0 Å².